The Morgan fingerprint density at radius 2 is 2.33 bits per heavy atom. The Kier molecular flexibility index (Phi) is 6.31. The van der Waals surface area contributed by atoms with E-state index in [1.165, 1.54) is 12.1 Å². The average molecular weight is 436 g/mol. The molecule has 2 atom stereocenters. The molecular formula is C20H23ClFN5O3. The average Bonchev–Trinajstić information content (AvgIpc) is 3.26. The lowest BCUT2D eigenvalue weighted by atomic mass is 10.1. The summed E-state index contributed by atoms with van der Waals surface area (Å²) in [5.41, 5.74) is 2.23. The highest BCUT2D eigenvalue weighted by Crippen LogP contribution is 2.22. The summed E-state index contributed by atoms with van der Waals surface area (Å²) in [5, 5.41) is 15.7. The second-order valence-electron chi connectivity index (χ2n) is 7.40. The molecule has 1 saturated heterocycles. The third-order valence-corrected chi connectivity index (χ3v) is 5.63. The summed E-state index contributed by atoms with van der Waals surface area (Å²) in [4.78, 5) is 23.3. The summed E-state index contributed by atoms with van der Waals surface area (Å²) < 4.78 is 19.1. The number of ether oxygens (including phenoxy) is 1. The number of hydrogen-bond donors (Lipinski definition) is 3. The Morgan fingerprint density at radius 1 is 1.47 bits per heavy atom. The molecule has 8 nitrogen and oxygen atoms in total. The highest BCUT2D eigenvalue weighted by atomic mass is 35.5. The lowest BCUT2D eigenvalue weighted by Gasteiger charge is -2.30. The summed E-state index contributed by atoms with van der Waals surface area (Å²) in [7, 11) is 0. The van der Waals surface area contributed by atoms with Crippen molar-refractivity contribution in [3.63, 3.8) is 0 Å². The predicted octanol–water partition coefficient (Wildman–Crippen LogP) is 2.27. The topological polar surface area (TPSA) is 99.6 Å². The molecule has 30 heavy (non-hydrogen) atoms. The van der Waals surface area contributed by atoms with E-state index in [0.717, 1.165) is 24.3 Å². The van der Waals surface area contributed by atoms with Gasteiger partial charge in [-0.15, -0.1) is 0 Å². The Morgan fingerprint density at radius 3 is 3.07 bits per heavy atom. The zero-order valence-corrected chi connectivity index (χ0v) is 17.0. The third kappa shape index (κ3) is 4.63. The summed E-state index contributed by atoms with van der Waals surface area (Å²) >= 11 is 5.71. The van der Waals surface area contributed by atoms with Crippen LogP contribution in [0.4, 0.5) is 15.1 Å². The Balaban J connectivity index is 1.42. The van der Waals surface area contributed by atoms with E-state index < -0.39 is 11.9 Å². The monoisotopic (exact) mass is 435 g/mol. The Labute approximate surface area is 178 Å². The van der Waals surface area contributed by atoms with Crippen LogP contribution in [0, 0.1) is 5.82 Å². The number of amides is 2. The van der Waals surface area contributed by atoms with Gasteiger partial charge < -0.3 is 25.4 Å². The Hall–Kier alpha value is -2.49. The van der Waals surface area contributed by atoms with Crippen molar-refractivity contribution in [3.8, 4) is 0 Å². The maximum atomic E-state index is 13.8. The van der Waals surface area contributed by atoms with Crippen LogP contribution in [-0.4, -0.2) is 58.4 Å². The Bertz CT molecular complexity index is 925. The fraction of sp³-hybridized carbons (Fsp3) is 0.450. The predicted molar refractivity (Wildman–Crippen MR) is 109 cm³/mol. The number of hydrogen-bond acceptors (Lipinski definition) is 6. The van der Waals surface area contributed by atoms with Crippen molar-refractivity contribution >= 4 is 23.6 Å². The minimum absolute atomic E-state index is 0.0114. The highest BCUT2D eigenvalue weighted by Gasteiger charge is 2.25. The first-order valence-electron chi connectivity index (χ1n) is 9.84. The molecule has 1 fully saturated rings. The number of aliphatic hydroxyl groups excluding tert-OH is 1. The van der Waals surface area contributed by atoms with Gasteiger partial charge in [-0.05, 0) is 36.1 Å². The number of nitrogens with zero attached hydrogens (tertiary/aromatic N) is 3. The number of benzene rings is 1. The molecule has 2 aliphatic rings. The van der Waals surface area contributed by atoms with E-state index in [4.69, 9.17) is 16.3 Å². The van der Waals surface area contributed by atoms with E-state index in [1.54, 1.807) is 17.2 Å². The summed E-state index contributed by atoms with van der Waals surface area (Å²) in [6.07, 6.45) is 3.33. The van der Waals surface area contributed by atoms with Gasteiger partial charge in [0.25, 0.3) is 0 Å². The van der Waals surface area contributed by atoms with E-state index in [1.807, 2.05) is 0 Å². The molecule has 3 heterocycles. The van der Waals surface area contributed by atoms with Crippen LogP contribution in [0.1, 0.15) is 29.3 Å². The number of urea groups is 1. The van der Waals surface area contributed by atoms with Crippen LogP contribution >= 0.6 is 11.6 Å². The first-order valence-corrected chi connectivity index (χ1v) is 10.2. The van der Waals surface area contributed by atoms with Gasteiger partial charge >= 0.3 is 6.03 Å². The number of aliphatic hydroxyl groups is 1. The van der Waals surface area contributed by atoms with Gasteiger partial charge in [0, 0.05) is 19.3 Å². The maximum Gasteiger partial charge on any atom is 0.318 e. The zero-order chi connectivity index (χ0) is 21.1. The molecular weight excluding hydrogens is 413 g/mol. The number of rotatable bonds is 5. The van der Waals surface area contributed by atoms with Crippen LogP contribution in [0.3, 0.4) is 0 Å². The van der Waals surface area contributed by atoms with E-state index in [2.05, 4.69) is 20.6 Å². The molecule has 0 aliphatic carbocycles. The van der Waals surface area contributed by atoms with Crippen molar-refractivity contribution in [1.29, 1.82) is 0 Å². The molecule has 2 amide bonds. The summed E-state index contributed by atoms with van der Waals surface area (Å²) in [6, 6.07) is 3.29. The fourth-order valence-electron chi connectivity index (χ4n) is 3.58. The molecule has 0 saturated carbocycles. The van der Waals surface area contributed by atoms with E-state index in [-0.39, 0.29) is 23.7 Å². The number of aromatic nitrogens is 2. The standard InChI is InChI=1S/C20H23ClFN5O3/c21-15-2-1-12(7-16(15)22)18(10-28)26-20(29)27-5-3-13-8-23-19(25-17(13)9-27)24-14-4-6-30-11-14/h1-2,7-8,14,18,28H,3-6,9-11H2,(H,26,29)(H,23,24,25)/t14?,18-/m1/s1. The summed E-state index contributed by atoms with van der Waals surface area (Å²) in [5.74, 6) is -0.0745. The number of carbonyl (C=O) groups is 1. The zero-order valence-electron chi connectivity index (χ0n) is 16.3. The van der Waals surface area contributed by atoms with Crippen LogP contribution in [0.2, 0.25) is 5.02 Å². The molecule has 3 N–H and O–H groups in total. The number of fused-ring (bicyclic) bond motifs is 1. The van der Waals surface area contributed by atoms with Gasteiger partial charge in [0.2, 0.25) is 5.95 Å². The van der Waals surface area contributed by atoms with Crippen molar-refractivity contribution in [3.05, 3.63) is 52.1 Å². The third-order valence-electron chi connectivity index (χ3n) is 5.32. The van der Waals surface area contributed by atoms with Gasteiger partial charge in [-0.2, -0.15) is 0 Å². The van der Waals surface area contributed by atoms with Gasteiger partial charge in [-0.3, -0.25) is 0 Å². The van der Waals surface area contributed by atoms with Gasteiger partial charge in [0.1, 0.15) is 5.82 Å². The number of halogens is 2. The molecule has 4 rings (SSSR count). The van der Waals surface area contributed by atoms with Crippen molar-refractivity contribution in [2.45, 2.75) is 31.5 Å². The minimum Gasteiger partial charge on any atom is -0.394 e. The molecule has 0 bridgehead atoms. The quantitative estimate of drug-likeness (QED) is 0.666. The van der Waals surface area contributed by atoms with Crippen LogP contribution in [0.5, 0.6) is 0 Å². The van der Waals surface area contributed by atoms with Gasteiger partial charge in [0.15, 0.2) is 0 Å². The van der Waals surface area contributed by atoms with E-state index >= 15 is 0 Å². The normalized spacial score (nSPS) is 19.3. The molecule has 0 spiro atoms. The second-order valence-corrected chi connectivity index (χ2v) is 7.81. The van der Waals surface area contributed by atoms with E-state index in [9.17, 15) is 14.3 Å². The molecule has 10 heteroatoms. The van der Waals surface area contributed by atoms with Crippen molar-refractivity contribution in [2.24, 2.45) is 0 Å². The SMILES string of the molecule is O=C(N[C@H](CO)c1ccc(Cl)c(F)c1)N1CCc2cnc(NC3CCOC3)nc2C1. The minimum atomic E-state index is -0.740. The van der Waals surface area contributed by atoms with E-state index in [0.29, 0.717) is 37.6 Å². The summed E-state index contributed by atoms with van der Waals surface area (Å²) in [6.45, 7) is 1.81. The second kappa shape index (κ2) is 9.11. The van der Waals surface area contributed by atoms with Crippen molar-refractivity contribution in [2.75, 3.05) is 31.7 Å². The number of nitrogens with one attached hydrogen (secondary N) is 2. The smallest absolute Gasteiger partial charge is 0.318 e. The molecule has 0 radical (unpaired) electrons. The van der Waals surface area contributed by atoms with Crippen LogP contribution in [-0.2, 0) is 17.7 Å². The lowest BCUT2D eigenvalue weighted by molar-refractivity contribution is 0.176. The van der Waals surface area contributed by atoms with Crippen LogP contribution in [0.25, 0.3) is 0 Å². The molecule has 1 aromatic heterocycles. The number of anilines is 1. The van der Waals surface area contributed by atoms with Gasteiger partial charge in [-0.25, -0.2) is 19.2 Å². The maximum absolute atomic E-state index is 13.8. The largest absolute Gasteiger partial charge is 0.394 e. The van der Waals surface area contributed by atoms with Gasteiger partial charge in [-0.1, -0.05) is 17.7 Å². The fourth-order valence-corrected chi connectivity index (χ4v) is 3.70. The van der Waals surface area contributed by atoms with Crippen molar-refractivity contribution in [1.82, 2.24) is 20.2 Å². The lowest BCUT2D eigenvalue weighted by Crippen LogP contribution is -2.45. The first-order chi connectivity index (χ1) is 14.5. The van der Waals surface area contributed by atoms with Crippen molar-refractivity contribution < 1.29 is 19.0 Å². The van der Waals surface area contributed by atoms with Crippen LogP contribution in [0.15, 0.2) is 24.4 Å². The molecule has 160 valence electrons. The highest BCUT2D eigenvalue weighted by molar-refractivity contribution is 6.30. The molecule has 1 aromatic carbocycles. The van der Waals surface area contributed by atoms with Crippen LogP contribution < -0.4 is 10.6 Å². The molecule has 1 unspecified atom stereocenters. The van der Waals surface area contributed by atoms with Gasteiger partial charge in [0.05, 0.1) is 42.6 Å². The number of carbonyl (C=O) groups excluding carboxylic acids is 1. The molecule has 2 aromatic rings. The molecule has 2 aliphatic heterocycles. The first kappa shape index (κ1) is 20.8.